The topological polar surface area (TPSA) is 419 Å². The second-order valence-electron chi connectivity index (χ2n) is 20.5. The molecule has 9 atom stereocenters. The number of aliphatic hydroxyl groups excluding tert-OH is 1. The smallest absolute Gasteiger partial charge is 0.326 e. The van der Waals surface area contributed by atoms with Gasteiger partial charge in [0.2, 0.25) is 35.4 Å². The summed E-state index contributed by atoms with van der Waals surface area (Å²) in [5.41, 5.74) is 29.1. The number of thioether (sulfide) groups is 1. The van der Waals surface area contributed by atoms with Crippen LogP contribution in [0.5, 0.6) is 0 Å². The number of ketones is 1. The van der Waals surface area contributed by atoms with E-state index >= 15 is 0 Å². The van der Waals surface area contributed by atoms with Gasteiger partial charge in [-0.2, -0.15) is 0 Å². The SMILES string of the molecule is NC(N)=NCCC[C@H](N)C(=O)N1CCC[C@H]1C(=O)N1CCC[C@H]1C(=O)NCC(=O)N[C@@H](Cc1ccccc1)C(=O)N[C@@H](CO)C(=O)[C@H]1[C@@H](Sc2ccccc2)CCN1C(=O)N[C@@H](Cc1ccccc1)C(=O)N[C@H](CCCN=C(N)N)C(=O)O. The Morgan fingerprint density at radius 3 is 1.71 bits per heavy atom. The molecular weight excluding hydrogens is 1090 g/mol. The van der Waals surface area contributed by atoms with Crippen molar-refractivity contribution in [3.05, 3.63) is 102 Å². The number of hydrogen-bond acceptors (Lipinski definition) is 14. The predicted molar refractivity (Wildman–Crippen MR) is 310 cm³/mol. The molecule has 3 heterocycles. The number of Topliss-reactive ketones (excluding diaryl/α,β-unsaturated/α-hetero) is 1. The number of nitrogens with zero attached hydrogens (tertiary/aromatic N) is 5. The number of likely N-dealkylation sites (tertiary alicyclic amines) is 3. The van der Waals surface area contributed by atoms with Crippen LogP contribution in [-0.2, 0) is 51.2 Å². The van der Waals surface area contributed by atoms with Crippen LogP contribution in [-0.4, -0.2) is 190 Å². The number of carboxylic acid groups (broad SMARTS) is 1. The van der Waals surface area contributed by atoms with E-state index in [1.165, 1.54) is 26.5 Å². The minimum Gasteiger partial charge on any atom is -0.480 e. The predicted octanol–water partition coefficient (Wildman–Crippen LogP) is -1.58. The van der Waals surface area contributed by atoms with Gasteiger partial charge in [-0.05, 0) is 81.0 Å². The Balaban J connectivity index is 1.15. The van der Waals surface area contributed by atoms with Gasteiger partial charge in [0.1, 0.15) is 42.3 Å². The molecule has 0 spiro atoms. The molecule has 3 aliphatic heterocycles. The Hall–Kier alpha value is -8.30. The number of amides is 8. The molecule has 3 aromatic carbocycles. The number of aliphatic hydroxyl groups is 1. The molecule has 448 valence electrons. The van der Waals surface area contributed by atoms with Crippen molar-refractivity contribution in [2.45, 2.75) is 129 Å². The third-order valence-corrected chi connectivity index (χ3v) is 15.9. The van der Waals surface area contributed by atoms with E-state index in [4.69, 9.17) is 28.7 Å². The van der Waals surface area contributed by atoms with Crippen LogP contribution in [0.15, 0.2) is 106 Å². The molecule has 3 saturated heterocycles. The van der Waals surface area contributed by atoms with E-state index in [0.717, 1.165) is 4.90 Å². The summed E-state index contributed by atoms with van der Waals surface area (Å²) in [5.74, 6) is -6.21. The van der Waals surface area contributed by atoms with Crippen LogP contribution in [0.3, 0.4) is 0 Å². The third kappa shape index (κ3) is 18.9. The maximum atomic E-state index is 15.0. The highest BCUT2D eigenvalue weighted by atomic mass is 32.2. The fraction of sp³-hybridized carbons (Fsp3) is 0.482. The molecule has 8 amide bonds. The molecule has 3 aliphatic rings. The highest BCUT2D eigenvalue weighted by Crippen LogP contribution is 2.35. The van der Waals surface area contributed by atoms with Crippen molar-refractivity contribution in [1.82, 2.24) is 41.3 Å². The molecule has 0 aromatic heterocycles. The summed E-state index contributed by atoms with van der Waals surface area (Å²) in [6, 6.07) is 15.9. The molecule has 0 radical (unpaired) electrons. The Kier molecular flexibility index (Phi) is 24.5. The van der Waals surface area contributed by atoms with Crippen LogP contribution >= 0.6 is 11.8 Å². The van der Waals surface area contributed by atoms with Crippen molar-refractivity contribution < 1.29 is 53.4 Å². The standard InChI is InChI=1S/C56H77N15O11S/c57-37(20-10-25-62-54(58)59)51(78)70-28-13-23-43(70)52(79)69-27-12-22-42(69)50(77)64-32-45(73)65-39(30-34-14-4-1-5-15-34)48(75)67-41(33-72)47(74)46-44(83-36-18-8-3-9-19-36)24-29-71(46)56(82)68-40(31-35-16-6-2-7-17-35)49(76)66-38(53(80)81)21-11-26-63-55(60)61/h1-9,14-19,37-44,46,72H,10-13,20-33,57H2,(H,64,77)(H,65,73)(H,66,76)(H,67,75)(H,68,82)(H,80,81)(H4,58,59,62)(H4,60,61,63)/t37-,38+,39-,40-,41-,42-,43-,44-,46+/m0/s1. The van der Waals surface area contributed by atoms with Crippen LogP contribution in [0.2, 0.25) is 0 Å². The maximum Gasteiger partial charge on any atom is 0.326 e. The monoisotopic (exact) mass is 1170 g/mol. The summed E-state index contributed by atoms with van der Waals surface area (Å²) < 4.78 is 0. The Morgan fingerprint density at radius 1 is 0.614 bits per heavy atom. The first-order valence-electron chi connectivity index (χ1n) is 27.7. The first-order chi connectivity index (χ1) is 39.8. The van der Waals surface area contributed by atoms with Crippen LogP contribution in [0.25, 0.3) is 0 Å². The summed E-state index contributed by atoms with van der Waals surface area (Å²) in [6.45, 7) is -0.560. The molecule has 3 aromatic rings. The number of carboxylic acids is 1. The average Bonchev–Trinajstić information content (AvgIpc) is 4.48. The van der Waals surface area contributed by atoms with E-state index in [0.29, 0.717) is 56.2 Å². The van der Waals surface area contributed by atoms with Gasteiger partial charge in [0.05, 0.1) is 19.2 Å². The number of rotatable bonds is 29. The van der Waals surface area contributed by atoms with Gasteiger partial charge in [-0.1, -0.05) is 78.9 Å². The molecule has 0 bridgehead atoms. The van der Waals surface area contributed by atoms with Crippen LogP contribution in [0.1, 0.15) is 68.9 Å². The molecule has 3 fully saturated rings. The first-order valence-corrected chi connectivity index (χ1v) is 28.6. The molecule has 26 nitrogen and oxygen atoms in total. The van der Waals surface area contributed by atoms with Crippen LogP contribution in [0, 0.1) is 0 Å². The van der Waals surface area contributed by atoms with Crippen molar-refractivity contribution in [3.63, 3.8) is 0 Å². The molecular formula is C56H77N15O11S. The number of carbonyl (C=O) groups excluding carboxylic acids is 8. The summed E-state index contributed by atoms with van der Waals surface area (Å²) in [5, 5.41) is 33.4. The number of urea groups is 1. The molecule has 17 N–H and O–H groups in total. The lowest BCUT2D eigenvalue weighted by molar-refractivity contribution is -0.147. The summed E-state index contributed by atoms with van der Waals surface area (Å²) in [6.07, 6.45) is 2.76. The first kappa shape index (κ1) is 63.9. The molecule has 27 heteroatoms. The zero-order valence-electron chi connectivity index (χ0n) is 46.2. The minimum absolute atomic E-state index is 0.00327. The lowest BCUT2D eigenvalue weighted by atomic mass is 10.0. The van der Waals surface area contributed by atoms with E-state index in [2.05, 4.69) is 36.6 Å². The second-order valence-corrected chi connectivity index (χ2v) is 21.9. The number of carbonyl (C=O) groups is 9. The fourth-order valence-corrected chi connectivity index (χ4v) is 11.7. The number of nitrogens with two attached hydrogens (primary N) is 5. The van der Waals surface area contributed by atoms with Crippen molar-refractivity contribution in [2.24, 2.45) is 38.7 Å². The number of aliphatic carboxylic acids is 1. The highest BCUT2D eigenvalue weighted by molar-refractivity contribution is 8.00. The number of hydrogen-bond donors (Lipinski definition) is 12. The normalized spacial score (nSPS) is 19.2. The molecule has 6 rings (SSSR count). The number of benzene rings is 3. The van der Waals surface area contributed by atoms with E-state index in [-0.39, 0.29) is 70.2 Å². The number of nitrogens with one attached hydrogen (secondary N) is 5. The van der Waals surface area contributed by atoms with Gasteiger partial charge in [0, 0.05) is 55.7 Å². The Labute approximate surface area is 485 Å². The molecule has 0 aliphatic carbocycles. The third-order valence-electron chi connectivity index (χ3n) is 14.5. The lowest BCUT2D eigenvalue weighted by Crippen LogP contribution is -2.60. The fourth-order valence-electron chi connectivity index (χ4n) is 10.4. The van der Waals surface area contributed by atoms with E-state index in [1.54, 1.807) is 72.8 Å². The van der Waals surface area contributed by atoms with Gasteiger partial charge in [-0.3, -0.25) is 43.5 Å². The average molecular weight is 1170 g/mol. The van der Waals surface area contributed by atoms with Crippen LogP contribution < -0.4 is 55.3 Å². The Morgan fingerprint density at radius 2 is 1.14 bits per heavy atom. The second kappa shape index (κ2) is 31.8. The van der Waals surface area contributed by atoms with E-state index in [1.807, 2.05) is 18.2 Å². The molecule has 0 saturated carbocycles. The largest absolute Gasteiger partial charge is 0.480 e. The zero-order chi connectivity index (χ0) is 60.0. The van der Waals surface area contributed by atoms with Gasteiger partial charge in [0.15, 0.2) is 17.7 Å². The van der Waals surface area contributed by atoms with Crippen molar-refractivity contribution in [3.8, 4) is 0 Å². The van der Waals surface area contributed by atoms with Gasteiger partial charge >= 0.3 is 12.0 Å². The molecule has 0 unspecified atom stereocenters. The van der Waals surface area contributed by atoms with Crippen molar-refractivity contribution in [2.75, 3.05) is 45.9 Å². The maximum absolute atomic E-state index is 15.0. The summed E-state index contributed by atoms with van der Waals surface area (Å²) >= 11 is 1.30. The van der Waals surface area contributed by atoms with Gasteiger partial charge in [-0.25, -0.2) is 9.59 Å². The lowest BCUT2D eigenvalue weighted by Gasteiger charge is -2.32. The zero-order valence-corrected chi connectivity index (χ0v) is 47.0. The quantitative estimate of drug-likeness (QED) is 0.0212. The minimum atomic E-state index is -1.63. The highest BCUT2D eigenvalue weighted by Gasteiger charge is 2.47. The van der Waals surface area contributed by atoms with Gasteiger partial charge in [0.25, 0.3) is 0 Å². The van der Waals surface area contributed by atoms with E-state index in [9.17, 15) is 53.4 Å². The summed E-state index contributed by atoms with van der Waals surface area (Å²) in [7, 11) is 0. The van der Waals surface area contributed by atoms with E-state index < -0.39 is 120 Å². The van der Waals surface area contributed by atoms with Gasteiger partial charge < -0.3 is 80.2 Å². The van der Waals surface area contributed by atoms with Crippen molar-refractivity contribution >= 4 is 76.9 Å². The van der Waals surface area contributed by atoms with Gasteiger partial charge in [-0.15, -0.1) is 11.8 Å². The number of aliphatic imine (C=N–C) groups is 2. The van der Waals surface area contributed by atoms with Crippen molar-refractivity contribution in [1.29, 1.82) is 0 Å². The Bertz CT molecular complexity index is 2770. The number of guanidine groups is 2. The summed E-state index contributed by atoms with van der Waals surface area (Å²) in [4.78, 5) is 138. The van der Waals surface area contributed by atoms with Crippen LogP contribution in [0.4, 0.5) is 4.79 Å². The molecule has 83 heavy (non-hydrogen) atoms.